The SMILES string of the molecule is CC1=C(C(=O)Nc2ccc3[nH]nc(-c4ccnc(N5CCO[C@H](CI)C5)c4)c3c2)[C@@H](C)n2nnnc2N1C. The summed E-state index contributed by atoms with van der Waals surface area (Å²) in [6.07, 6.45) is 2.01. The first kappa shape index (κ1) is 24.7. The summed E-state index contributed by atoms with van der Waals surface area (Å²) in [6, 6.07) is 9.46. The number of alkyl halides is 1. The van der Waals surface area contributed by atoms with Crippen molar-refractivity contribution in [1.82, 2.24) is 35.4 Å². The molecule has 13 heteroatoms. The maximum Gasteiger partial charge on any atom is 0.255 e. The van der Waals surface area contributed by atoms with Crippen LogP contribution in [0.2, 0.25) is 0 Å². The van der Waals surface area contributed by atoms with Crippen molar-refractivity contribution >= 4 is 56.9 Å². The Kier molecular flexibility index (Phi) is 6.47. The van der Waals surface area contributed by atoms with E-state index in [1.807, 2.05) is 56.3 Å². The molecular formula is C25H27IN10O2. The van der Waals surface area contributed by atoms with Crippen molar-refractivity contribution < 1.29 is 9.53 Å². The van der Waals surface area contributed by atoms with E-state index in [1.165, 1.54) is 0 Å². The van der Waals surface area contributed by atoms with Gasteiger partial charge in [0.05, 0.1) is 29.8 Å². The number of allylic oxidation sites excluding steroid dienone is 1. The van der Waals surface area contributed by atoms with Crippen molar-refractivity contribution in [2.24, 2.45) is 0 Å². The van der Waals surface area contributed by atoms with Crippen LogP contribution in [0.4, 0.5) is 17.5 Å². The Morgan fingerprint density at radius 3 is 3.00 bits per heavy atom. The van der Waals surface area contributed by atoms with Crippen molar-refractivity contribution in [2.75, 3.05) is 46.3 Å². The van der Waals surface area contributed by atoms with Crippen molar-refractivity contribution in [3.63, 3.8) is 0 Å². The Morgan fingerprint density at radius 2 is 2.16 bits per heavy atom. The number of rotatable bonds is 5. The van der Waals surface area contributed by atoms with Crippen LogP contribution >= 0.6 is 22.6 Å². The number of ether oxygens (including phenoxy) is 1. The summed E-state index contributed by atoms with van der Waals surface area (Å²) in [5.41, 5.74) is 4.73. The molecule has 0 aliphatic carbocycles. The van der Waals surface area contributed by atoms with E-state index in [2.05, 4.69) is 69.6 Å². The second kappa shape index (κ2) is 9.94. The standard InChI is InChI=1S/C25H27IN10O2/c1-14-22(15(2)36-25(34(14)3)31-32-33-36)24(37)28-17-4-5-20-19(11-17)23(30-29-20)16-6-7-27-21(10-16)35-8-9-38-18(12-26)13-35/h4-7,10-11,15,18H,8-9,12-13H2,1-3H3,(H,28,37)(H,29,30)/t15-,18-/m1/s1. The number of carbonyl (C=O) groups is 1. The maximum atomic E-state index is 13.4. The summed E-state index contributed by atoms with van der Waals surface area (Å²) >= 11 is 2.36. The first-order valence-corrected chi connectivity index (χ1v) is 13.9. The van der Waals surface area contributed by atoms with Gasteiger partial charge in [-0.3, -0.25) is 9.89 Å². The smallest absolute Gasteiger partial charge is 0.255 e. The Bertz CT molecular complexity index is 1550. The minimum absolute atomic E-state index is 0.198. The highest BCUT2D eigenvalue weighted by Gasteiger charge is 2.32. The highest BCUT2D eigenvalue weighted by atomic mass is 127. The predicted molar refractivity (Wildman–Crippen MR) is 152 cm³/mol. The number of amides is 1. The fraction of sp³-hybridized carbons (Fsp3) is 0.360. The molecular weight excluding hydrogens is 599 g/mol. The van der Waals surface area contributed by atoms with Crippen LogP contribution in [-0.2, 0) is 9.53 Å². The molecule has 2 N–H and O–H groups in total. The zero-order valence-corrected chi connectivity index (χ0v) is 23.4. The number of hydrogen-bond acceptors (Lipinski definition) is 9. The van der Waals surface area contributed by atoms with Gasteiger partial charge in [0.2, 0.25) is 5.95 Å². The number of anilines is 3. The highest BCUT2D eigenvalue weighted by Crippen LogP contribution is 2.34. The molecule has 196 valence electrons. The fourth-order valence-electron chi connectivity index (χ4n) is 5.04. The minimum Gasteiger partial charge on any atom is -0.374 e. The van der Waals surface area contributed by atoms with Gasteiger partial charge in [0.1, 0.15) is 11.5 Å². The van der Waals surface area contributed by atoms with E-state index < -0.39 is 0 Å². The first-order valence-electron chi connectivity index (χ1n) is 12.4. The molecule has 2 aliphatic rings. The topological polar surface area (TPSA) is 130 Å². The number of benzene rings is 1. The minimum atomic E-state index is -0.299. The highest BCUT2D eigenvalue weighted by molar-refractivity contribution is 14.1. The normalized spacial score (nSPS) is 19.7. The van der Waals surface area contributed by atoms with Gasteiger partial charge in [-0.1, -0.05) is 27.7 Å². The number of aromatic nitrogens is 7. The molecule has 38 heavy (non-hydrogen) atoms. The molecule has 1 aromatic carbocycles. The van der Waals surface area contributed by atoms with E-state index >= 15 is 0 Å². The summed E-state index contributed by atoms with van der Waals surface area (Å²) in [7, 11) is 1.85. The van der Waals surface area contributed by atoms with E-state index in [0.29, 0.717) is 23.8 Å². The molecule has 12 nitrogen and oxygen atoms in total. The molecule has 4 aromatic rings. The molecule has 3 aromatic heterocycles. The second-order valence-corrected chi connectivity index (χ2v) is 10.3. The second-order valence-electron chi connectivity index (χ2n) is 9.44. The maximum absolute atomic E-state index is 13.4. The van der Waals surface area contributed by atoms with Gasteiger partial charge in [-0.15, -0.1) is 0 Å². The molecule has 2 atom stereocenters. The average molecular weight is 626 g/mol. The molecule has 1 saturated heterocycles. The Balaban J connectivity index is 1.28. The molecule has 1 fully saturated rings. The number of pyridine rings is 1. The summed E-state index contributed by atoms with van der Waals surface area (Å²) < 4.78 is 8.40. The van der Waals surface area contributed by atoms with Gasteiger partial charge in [-0.05, 0) is 54.6 Å². The molecule has 6 rings (SSSR count). The van der Waals surface area contributed by atoms with Gasteiger partial charge in [-0.2, -0.15) is 5.10 Å². The van der Waals surface area contributed by atoms with E-state index in [0.717, 1.165) is 51.2 Å². The summed E-state index contributed by atoms with van der Waals surface area (Å²) in [6.45, 7) is 6.12. The van der Waals surface area contributed by atoms with Crippen LogP contribution < -0.4 is 15.1 Å². The van der Waals surface area contributed by atoms with E-state index in [9.17, 15) is 4.79 Å². The van der Waals surface area contributed by atoms with Crippen LogP contribution in [-0.4, -0.2) is 78.6 Å². The van der Waals surface area contributed by atoms with Crippen LogP contribution in [0, 0.1) is 0 Å². The number of hydrogen-bond donors (Lipinski definition) is 2. The van der Waals surface area contributed by atoms with Crippen molar-refractivity contribution in [3.05, 3.63) is 47.8 Å². The molecule has 0 radical (unpaired) electrons. The van der Waals surface area contributed by atoms with Crippen LogP contribution in [0.1, 0.15) is 19.9 Å². The zero-order valence-electron chi connectivity index (χ0n) is 21.2. The molecule has 0 bridgehead atoms. The fourth-order valence-corrected chi connectivity index (χ4v) is 5.57. The third-order valence-electron chi connectivity index (χ3n) is 7.17. The van der Waals surface area contributed by atoms with Crippen molar-refractivity contribution in [3.8, 4) is 11.3 Å². The third-order valence-corrected chi connectivity index (χ3v) is 8.15. The number of tetrazole rings is 1. The summed E-state index contributed by atoms with van der Waals surface area (Å²) in [4.78, 5) is 22.1. The average Bonchev–Trinajstić information content (AvgIpc) is 3.60. The van der Waals surface area contributed by atoms with Gasteiger partial charge < -0.3 is 19.9 Å². The number of nitrogens with zero attached hydrogens (tertiary/aromatic N) is 8. The van der Waals surface area contributed by atoms with Gasteiger partial charge >= 0.3 is 0 Å². The lowest BCUT2D eigenvalue weighted by Crippen LogP contribution is -2.43. The predicted octanol–water partition coefficient (Wildman–Crippen LogP) is 3.18. The van der Waals surface area contributed by atoms with Crippen molar-refractivity contribution in [2.45, 2.75) is 26.0 Å². The zero-order chi connectivity index (χ0) is 26.4. The van der Waals surface area contributed by atoms with Crippen LogP contribution in [0.15, 0.2) is 47.8 Å². The van der Waals surface area contributed by atoms with E-state index in [4.69, 9.17) is 4.74 Å². The number of fused-ring (bicyclic) bond motifs is 2. The largest absolute Gasteiger partial charge is 0.374 e. The Hall–Kier alpha value is -3.59. The van der Waals surface area contributed by atoms with Crippen LogP contribution in [0.25, 0.3) is 22.2 Å². The molecule has 0 spiro atoms. The lowest BCUT2D eigenvalue weighted by Gasteiger charge is -2.33. The van der Waals surface area contributed by atoms with Gasteiger partial charge in [0, 0.05) is 53.1 Å². The van der Waals surface area contributed by atoms with Crippen LogP contribution in [0.3, 0.4) is 0 Å². The number of H-pyrrole nitrogens is 1. The van der Waals surface area contributed by atoms with Gasteiger partial charge in [-0.25, -0.2) is 9.67 Å². The number of morpholine rings is 1. The number of aromatic amines is 1. The molecule has 5 heterocycles. The number of carbonyl (C=O) groups excluding carboxylic acids is 1. The first-order chi connectivity index (χ1) is 18.4. The molecule has 1 amide bonds. The third kappa shape index (κ3) is 4.28. The molecule has 0 unspecified atom stereocenters. The molecule has 0 saturated carbocycles. The van der Waals surface area contributed by atoms with Crippen LogP contribution in [0.5, 0.6) is 0 Å². The summed E-state index contributed by atoms with van der Waals surface area (Å²) in [5, 5.41) is 23.6. The summed E-state index contributed by atoms with van der Waals surface area (Å²) in [5.74, 6) is 1.31. The van der Waals surface area contributed by atoms with Gasteiger partial charge in [0.15, 0.2) is 0 Å². The lowest BCUT2D eigenvalue weighted by atomic mass is 10.0. The number of nitrogens with one attached hydrogen (secondary N) is 2. The monoisotopic (exact) mass is 626 g/mol. The quantitative estimate of drug-likeness (QED) is 0.254. The Labute approximate surface area is 232 Å². The van der Waals surface area contributed by atoms with Gasteiger partial charge in [0.25, 0.3) is 5.91 Å². The van der Waals surface area contributed by atoms with E-state index in [-0.39, 0.29) is 18.1 Å². The Morgan fingerprint density at radius 1 is 1.29 bits per heavy atom. The van der Waals surface area contributed by atoms with Crippen molar-refractivity contribution in [1.29, 1.82) is 0 Å². The van der Waals surface area contributed by atoms with E-state index in [1.54, 1.807) is 4.68 Å². The number of halogens is 1. The molecule has 2 aliphatic heterocycles. The lowest BCUT2D eigenvalue weighted by molar-refractivity contribution is -0.113.